The third kappa shape index (κ3) is 6.35. The first kappa shape index (κ1) is 21.9. The maximum atomic E-state index is 6.08. The van der Waals surface area contributed by atoms with E-state index in [4.69, 9.17) is 11.6 Å². The Bertz CT molecular complexity index is 843. The lowest BCUT2D eigenvalue weighted by molar-refractivity contribution is 0.744. The zero-order chi connectivity index (χ0) is 20.4. The van der Waals surface area contributed by atoms with Gasteiger partial charge in [-0.25, -0.2) is 0 Å². The average molecular weight is 396 g/mol. The highest BCUT2D eigenvalue weighted by Crippen LogP contribution is 2.32. The second-order valence-electron chi connectivity index (χ2n) is 6.84. The van der Waals surface area contributed by atoms with Crippen molar-refractivity contribution in [3.8, 4) is 11.3 Å². The Kier molecular flexibility index (Phi) is 8.96. The first-order valence-corrected chi connectivity index (χ1v) is 10.3. The van der Waals surface area contributed by atoms with Crippen LogP contribution in [0, 0.1) is 13.8 Å². The smallest absolute Gasteiger partial charge is 0.0937 e. The number of benzene rings is 1. The predicted molar refractivity (Wildman–Crippen MR) is 121 cm³/mol. The maximum Gasteiger partial charge on any atom is 0.0937 e. The van der Waals surface area contributed by atoms with Crippen molar-refractivity contribution in [2.45, 2.75) is 40.5 Å². The van der Waals surface area contributed by atoms with E-state index in [0.29, 0.717) is 0 Å². The molecule has 0 atom stereocenters. The van der Waals surface area contributed by atoms with Crippen LogP contribution in [0.25, 0.3) is 11.3 Å². The van der Waals surface area contributed by atoms with Gasteiger partial charge in [-0.3, -0.25) is 9.97 Å². The number of hydrogen-bond acceptors (Lipinski definition) is 3. The summed E-state index contributed by atoms with van der Waals surface area (Å²) in [7, 11) is 0. The van der Waals surface area contributed by atoms with Crippen molar-refractivity contribution < 1.29 is 0 Å². The van der Waals surface area contributed by atoms with Crippen LogP contribution in [0.3, 0.4) is 0 Å². The molecule has 0 spiro atoms. The van der Waals surface area contributed by atoms with Crippen molar-refractivity contribution in [1.82, 2.24) is 9.97 Å². The quantitative estimate of drug-likeness (QED) is 0.463. The summed E-state index contributed by atoms with van der Waals surface area (Å²) in [4.78, 5) is 10.9. The molecule has 0 N–H and O–H groups in total. The average Bonchev–Trinajstić information content (AvgIpc) is 2.69. The van der Waals surface area contributed by atoms with Crippen molar-refractivity contribution in [3.05, 3.63) is 77.2 Å². The minimum absolute atomic E-state index is 0.771. The molecule has 2 heterocycles. The Labute approximate surface area is 174 Å². The number of rotatable bonds is 6. The summed E-state index contributed by atoms with van der Waals surface area (Å²) >= 11 is 6.08. The van der Waals surface area contributed by atoms with Crippen LogP contribution in [0.1, 0.15) is 37.8 Å². The monoisotopic (exact) mass is 395 g/mol. The normalized spacial score (nSPS) is 10.2. The van der Waals surface area contributed by atoms with Gasteiger partial charge in [0.2, 0.25) is 0 Å². The molecule has 3 rings (SSSR count). The van der Waals surface area contributed by atoms with Crippen molar-refractivity contribution in [3.63, 3.8) is 0 Å². The van der Waals surface area contributed by atoms with E-state index in [1.165, 1.54) is 11.3 Å². The summed E-state index contributed by atoms with van der Waals surface area (Å²) < 4.78 is 0. The molecule has 0 fully saturated rings. The molecular formula is C24H30ClN3. The van der Waals surface area contributed by atoms with E-state index < -0.39 is 0 Å². The lowest BCUT2D eigenvalue weighted by Crippen LogP contribution is -2.25. The van der Waals surface area contributed by atoms with E-state index in [9.17, 15) is 0 Å². The third-order valence-electron chi connectivity index (χ3n) is 4.40. The first-order chi connectivity index (χ1) is 13.6. The van der Waals surface area contributed by atoms with E-state index in [0.717, 1.165) is 47.8 Å². The van der Waals surface area contributed by atoms with Crippen LogP contribution in [0.5, 0.6) is 0 Å². The van der Waals surface area contributed by atoms with Gasteiger partial charge in [-0.15, -0.1) is 0 Å². The minimum Gasteiger partial charge on any atom is -0.370 e. The second-order valence-corrected chi connectivity index (χ2v) is 7.28. The molecule has 2 aromatic heterocycles. The van der Waals surface area contributed by atoms with E-state index in [1.807, 2.05) is 43.5 Å². The van der Waals surface area contributed by atoms with Crippen molar-refractivity contribution in [1.29, 1.82) is 0 Å². The van der Waals surface area contributed by atoms with Crippen molar-refractivity contribution >= 4 is 17.3 Å². The molecule has 0 bridgehead atoms. The number of nitrogens with zero attached hydrogens (tertiary/aromatic N) is 3. The second kappa shape index (κ2) is 11.5. The first-order valence-electron chi connectivity index (χ1n) is 9.89. The molecule has 0 unspecified atom stereocenters. The highest BCUT2D eigenvalue weighted by molar-refractivity contribution is 6.30. The van der Waals surface area contributed by atoms with Gasteiger partial charge in [-0.2, -0.15) is 0 Å². The van der Waals surface area contributed by atoms with Gasteiger partial charge in [0.15, 0.2) is 0 Å². The lowest BCUT2D eigenvalue weighted by Gasteiger charge is -2.26. The van der Waals surface area contributed by atoms with Gasteiger partial charge in [0.05, 0.1) is 11.4 Å². The Morgan fingerprint density at radius 1 is 0.893 bits per heavy atom. The Morgan fingerprint density at radius 2 is 1.57 bits per heavy atom. The van der Waals surface area contributed by atoms with Gasteiger partial charge in [0.25, 0.3) is 0 Å². The largest absolute Gasteiger partial charge is 0.370 e. The molecule has 0 saturated heterocycles. The summed E-state index contributed by atoms with van der Waals surface area (Å²) in [5.41, 5.74) is 5.85. The molecular weight excluding hydrogens is 366 g/mol. The predicted octanol–water partition coefficient (Wildman–Crippen LogP) is 6.73. The van der Waals surface area contributed by atoms with Crippen LogP contribution in [0.15, 0.2) is 61.1 Å². The SMILES string of the molecule is CCCN(CCC)c1cccnc1-c1ccc(Cl)cc1C.Cc1ccncc1. The molecule has 3 aromatic rings. The highest BCUT2D eigenvalue weighted by atomic mass is 35.5. The van der Waals surface area contributed by atoms with Gasteiger partial charge in [-0.05, 0) is 74.2 Å². The molecule has 0 saturated carbocycles. The Morgan fingerprint density at radius 3 is 2.11 bits per heavy atom. The molecule has 0 aliphatic heterocycles. The maximum absolute atomic E-state index is 6.08. The van der Waals surface area contributed by atoms with E-state index in [1.54, 1.807) is 12.4 Å². The van der Waals surface area contributed by atoms with Gasteiger partial charge in [0, 0.05) is 42.3 Å². The molecule has 3 nitrogen and oxygen atoms in total. The standard InChI is InChI=1S/C18H23ClN2.C6H7N/c1-4-11-21(12-5-2)17-7-6-10-20-18(17)16-9-8-15(19)13-14(16)3;1-6-2-4-7-5-3-6/h6-10,13H,4-5,11-12H2,1-3H3;2-5H,1H3. The topological polar surface area (TPSA) is 29.0 Å². The third-order valence-corrected chi connectivity index (χ3v) is 4.64. The van der Waals surface area contributed by atoms with Crippen molar-refractivity contribution in [2.24, 2.45) is 0 Å². The Balaban J connectivity index is 0.000000336. The van der Waals surface area contributed by atoms with Crippen LogP contribution in [-0.2, 0) is 0 Å². The summed E-state index contributed by atoms with van der Waals surface area (Å²) in [5, 5.41) is 0.771. The van der Waals surface area contributed by atoms with Gasteiger partial charge >= 0.3 is 0 Å². The number of halogens is 1. The molecule has 148 valence electrons. The van der Waals surface area contributed by atoms with Crippen LogP contribution in [0.2, 0.25) is 5.02 Å². The van der Waals surface area contributed by atoms with Crippen LogP contribution in [-0.4, -0.2) is 23.1 Å². The lowest BCUT2D eigenvalue weighted by atomic mass is 10.0. The van der Waals surface area contributed by atoms with Crippen molar-refractivity contribution in [2.75, 3.05) is 18.0 Å². The number of hydrogen-bond donors (Lipinski definition) is 0. The molecule has 0 radical (unpaired) electrons. The van der Waals surface area contributed by atoms with Crippen LogP contribution >= 0.6 is 11.6 Å². The molecule has 4 heteroatoms. The van der Waals surface area contributed by atoms with Crippen LogP contribution < -0.4 is 4.90 Å². The molecule has 28 heavy (non-hydrogen) atoms. The number of aryl methyl sites for hydroxylation is 2. The van der Waals surface area contributed by atoms with Gasteiger partial charge < -0.3 is 4.90 Å². The Hall–Kier alpha value is -2.39. The highest BCUT2D eigenvalue weighted by Gasteiger charge is 2.14. The number of anilines is 1. The fourth-order valence-corrected chi connectivity index (χ4v) is 3.30. The fourth-order valence-electron chi connectivity index (χ4n) is 3.07. The minimum atomic E-state index is 0.771. The zero-order valence-electron chi connectivity index (χ0n) is 17.3. The number of pyridine rings is 2. The molecule has 0 amide bonds. The summed E-state index contributed by atoms with van der Waals surface area (Å²) in [6.45, 7) is 10.7. The molecule has 0 aliphatic rings. The van der Waals surface area contributed by atoms with Crippen LogP contribution in [0.4, 0.5) is 5.69 Å². The van der Waals surface area contributed by atoms with E-state index in [-0.39, 0.29) is 0 Å². The number of aromatic nitrogens is 2. The summed E-state index contributed by atoms with van der Waals surface area (Å²) in [6.07, 6.45) is 7.70. The van der Waals surface area contributed by atoms with Gasteiger partial charge in [0.1, 0.15) is 0 Å². The molecule has 0 aliphatic carbocycles. The fraction of sp³-hybridized carbons (Fsp3) is 0.333. The van der Waals surface area contributed by atoms with E-state index in [2.05, 4.69) is 47.8 Å². The summed E-state index contributed by atoms with van der Waals surface area (Å²) in [6, 6.07) is 14.1. The zero-order valence-corrected chi connectivity index (χ0v) is 18.1. The van der Waals surface area contributed by atoms with E-state index >= 15 is 0 Å². The molecule has 1 aromatic carbocycles. The summed E-state index contributed by atoms with van der Waals surface area (Å²) in [5.74, 6) is 0. The van der Waals surface area contributed by atoms with Gasteiger partial charge in [-0.1, -0.05) is 31.5 Å².